The van der Waals surface area contributed by atoms with Crippen molar-refractivity contribution in [1.82, 2.24) is 9.80 Å². The highest BCUT2D eigenvalue weighted by atomic mass is 16.2. The molecule has 0 aromatic carbocycles. The molecule has 23 heavy (non-hydrogen) atoms. The second kappa shape index (κ2) is 7.33. The van der Waals surface area contributed by atoms with Crippen LogP contribution in [0.5, 0.6) is 0 Å². The monoisotopic (exact) mass is 324 g/mol. The molecule has 1 fully saturated rings. The first-order valence-corrected chi connectivity index (χ1v) is 8.92. The molecule has 1 aliphatic heterocycles. The number of carbonyl (C=O) groups is 2. The van der Waals surface area contributed by atoms with Crippen molar-refractivity contribution in [2.24, 2.45) is 17.3 Å². The van der Waals surface area contributed by atoms with E-state index in [9.17, 15) is 9.59 Å². The summed E-state index contributed by atoms with van der Waals surface area (Å²) in [5.74, 6) is 0.295. The van der Waals surface area contributed by atoms with Gasteiger partial charge in [-0.15, -0.1) is 0 Å². The Bertz CT molecular complexity index is 424. The van der Waals surface area contributed by atoms with Crippen LogP contribution in [0.25, 0.3) is 0 Å². The summed E-state index contributed by atoms with van der Waals surface area (Å²) in [7, 11) is 0. The van der Waals surface area contributed by atoms with E-state index in [0.717, 1.165) is 26.2 Å². The molecule has 1 aliphatic rings. The minimum absolute atomic E-state index is 0.0650. The van der Waals surface area contributed by atoms with Crippen LogP contribution in [0.2, 0.25) is 0 Å². The number of hydrogen-bond acceptors (Lipinski definition) is 3. The molecule has 0 N–H and O–H groups in total. The fourth-order valence-corrected chi connectivity index (χ4v) is 3.39. The number of rotatable bonds is 4. The van der Waals surface area contributed by atoms with Crippen LogP contribution in [0.15, 0.2) is 0 Å². The molecule has 1 rings (SSSR count). The van der Waals surface area contributed by atoms with E-state index in [0.29, 0.717) is 6.42 Å². The van der Waals surface area contributed by atoms with Gasteiger partial charge in [0.1, 0.15) is 5.78 Å². The Morgan fingerprint density at radius 1 is 0.870 bits per heavy atom. The Morgan fingerprint density at radius 3 is 1.74 bits per heavy atom. The lowest BCUT2D eigenvalue weighted by Crippen LogP contribution is -2.55. The maximum absolute atomic E-state index is 12.7. The second-order valence-electron chi connectivity index (χ2n) is 9.14. The Kier molecular flexibility index (Phi) is 6.42. The van der Waals surface area contributed by atoms with E-state index in [1.807, 2.05) is 39.5 Å². The van der Waals surface area contributed by atoms with Gasteiger partial charge < -0.3 is 4.90 Å². The third-order valence-corrected chi connectivity index (χ3v) is 4.86. The third kappa shape index (κ3) is 5.59. The molecule has 0 radical (unpaired) electrons. The third-order valence-electron chi connectivity index (χ3n) is 4.86. The topological polar surface area (TPSA) is 40.6 Å². The zero-order chi connectivity index (χ0) is 18.0. The number of amides is 1. The Morgan fingerprint density at radius 2 is 1.35 bits per heavy atom. The van der Waals surface area contributed by atoms with Gasteiger partial charge in [0.25, 0.3) is 0 Å². The molecule has 1 saturated heterocycles. The average Bonchev–Trinajstić information content (AvgIpc) is 2.43. The first-order valence-electron chi connectivity index (χ1n) is 8.92. The summed E-state index contributed by atoms with van der Waals surface area (Å²) < 4.78 is 0. The van der Waals surface area contributed by atoms with Gasteiger partial charge in [0.05, 0.1) is 0 Å². The van der Waals surface area contributed by atoms with Crippen molar-refractivity contribution in [1.29, 1.82) is 0 Å². The summed E-state index contributed by atoms with van der Waals surface area (Å²) in [6.07, 6.45) is 0.647. The molecule has 1 amide bonds. The Hall–Kier alpha value is -0.900. The van der Waals surface area contributed by atoms with Gasteiger partial charge in [-0.05, 0) is 27.2 Å². The lowest BCUT2D eigenvalue weighted by Gasteiger charge is -2.42. The molecule has 2 unspecified atom stereocenters. The van der Waals surface area contributed by atoms with Crippen LogP contribution in [0.1, 0.15) is 61.8 Å². The molecular weight excluding hydrogens is 288 g/mol. The lowest BCUT2D eigenvalue weighted by molar-refractivity contribution is -0.139. The molecule has 134 valence electrons. The molecule has 1 heterocycles. The van der Waals surface area contributed by atoms with Crippen LogP contribution in [0, 0.1) is 17.3 Å². The van der Waals surface area contributed by atoms with Gasteiger partial charge >= 0.3 is 0 Å². The van der Waals surface area contributed by atoms with Crippen LogP contribution in [0.3, 0.4) is 0 Å². The quantitative estimate of drug-likeness (QED) is 0.797. The summed E-state index contributed by atoms with van der Waals surface area (Å²) in [6.45, 7) is 19.9. The van der Waals surface area contributed by atoms with Crippen molar-refractivity contribution >= 4 is 11.7 Å². The van der Waals surface area contributed by atoms with E-state index in [4.69, 9.17) is 0 Å². The zero-order valence-electron chi connectivity index (χ0n) is 16.4. The predicted octanol–water partition coefficient (Wildman–Crippen LogP) is 3.21. The van der Waals surface area contributed by atoms with Gasteiger partial charge in [0, 0.05) is 49.0 Å². The van der Waals surface area contributed by atoms with Gasteiger partial charge in [0.15, 0.2) is 0 Å². The van der Waals surface area contributed by atoms with Crippen LogP contribution in [-0.2, 0) is 9.59 Å². The highest BCUT2D eigenvalue weighted by Crippen LogP contribution is 2.25. The SMILES string of the molecule is CC(CC(C)C(=O)C(C)(C)C)C(=O)N1CCN(C(C)(C)C)CC1. The van der Waals surface area contributed by atoms with Crippen LogP contribution < -0.4 is 0 Å². The summed E-state index contributed by atoms with van der Waals surface area (Å²) in [5, 5.41) is 0. The number of hydrogen-bond donors (Lipinski definition) is 0. The van der Waals surface area contributed by atoms with Gasteiger partial charge in [-0.25, -0.2) is 0 Å². The number of piperazine rings is 1. The lowest BCUT2D eigenvalue weighted by atomic mass is 9.80. The van der Waals surface area contributed by atoms with E-state index < -0.39 is 0 Å². The predicted molar refractivity (Wildman–Crippen MR) is 95.3 cm³/mol. The number of Topliss-reactive ketones (excluding diaryl/α,β-unsaturated/α-hetero) is 1. The fourth-order valence-electron chi connectivity index (χ4n) is 3.39. The molecule has 4 heteroatoms. The molecule has 2 atom stereocenters. The van der Waals surface area contributed by atoms with E-state index in [1.54, 1.807) is 0 Å². The minimum Gasteiger partial charge on any atom is -0.340 e. The molecule has 4 nitrogen and oxygen atoms in total. The van der Waals surface area contributed by atoms with E-state index in [1.165, 1.54) is 0 Å². The molecule has 0 spiro atoms. The first kappa shape index (κ1) is 20.1. The largest absolute Gasteiger partial charge is 0.340 e. The minimum atomic E-state index is -0.333. The second-order valence-corrected chi connectivity index (χ2v) is 9.14. The normalized spacial score (nSPS) is 20.3. The first-order chi connectivity index (χ1) is 10.3. The maximum Gasteiger partial charge on any atom is 0.225 e. The van der Waals surface area contributed by atoms with Crippen molar-refractivity contribution in [2.45, 2.75) is 67.3 Å². The zero-order valence-corrected chi connectivity index (χ0v) is 16.4. The molecule has 0 aliphatic carbocycles. The Labute approximate surface area is 142 Å². The van der Waals surface area contributed by atoms with Crippen molar-refractivity contribution in [2.75, 3.05) is 26.2 Å². The average molecular weight is 325 g/mol. The molecule has 0 aromatic rings. The van der Waals surface area contributed by atoms with E-state index >= 15 is 0 Å². The van der Waals surface area contributed by atoms with Crippen molar-refractivity contribution in [3.05, 3.63) is 0 Å². The van der Waals surface area contributed by atoms with Gasteiger partial charge in [0.2, 0.25) is 5.91 Å². The smallest absolute Gasteiger partial charge is 0.225 e. The Balaban J connectivity index is 2.54. The maximum atomic E-state index is 12.7. The summed E-state index contributed by atoms with van der Waals surface area (Å²) >= 11 is 0. The highest BCUT2D eigenvalue weighted by molar-refractivity contribution is 5.86. The fraction of sp³-hybridized carbons (Fsp3) is 0.895. The standard InChI is InChI=1S/C19H36N2O2/c1-14(16(22)18(3,4)5)13-15(2)17(23)20-9-11-21(12-10-20)19(6,7)8/h14-15H,9-13H2,1-8H3. The van der Waals surface area contributed by atoms with Crippen LogP contribution in [-0.4, -0.2) is 53.2 Å². The summed E-state index contributed by atoms with van der Waals surface area (Å²) in [6, 6.07) is 0. The van der Waals surface area contributed by atoms with Gasteiger partial charge in [-0.1, -0.05) is 34.6 Å². The van der Waals surface area contributed by atoms with Crippen molar-refractivity contribution < 1.29 is 9.59 Å². The molecular formula is C19H36N2O2. The van der Waals surface area contributed by atoms with Gasteiger partial charge in [-0.3, -0.25) is 14.5 Å². The van der Waals surface area contributed by atoms with Crippen LogP contribution in [0.4, 0.5) is 0 Å². The van der Waals surface area contributed by atoms with Crippen LogP contribution >= 0.6 is 0 Å². The van der Waals surface area contributed by atoms with E-state index in [2.05, 4.69) is 25.7 Å². The number of carbonyl (C=O) groups excluding carboxylic acids is 2. The number of ketones is 1. The number of nitrogens with zero attached hydrogens (tertiary/aromatic N) is 2. The molecule has 0 saturated carbocycles. The van der Waals surface area contributed by atoms with Crippen molar-refractivity contribution in [3.63, 3.8) is 0 Å². The molecule has 0 aromatic heterocycles. The molecule has 0 bridgehead atoms. The highest BCUT2D eigenvalue weighted by Gasteiger charge is 2.32. The summed E-state index contributed by atoms with van der Waals surface area (Å²) in [4.78, 5) is 29.4. The summed E-state index contributed by atoms with van der Waals surface area (Å²) in [5.41, 5.74) is -0.172. The van der Waals surface area contributed by atoms with E-state index in [-0.39, 0.29) is 34.5 Å². The van der Waals surface area contributed by atoms with Gasteiger partial charge in [-0.2, -0.15) is 0 Å². The van der Waals surface area contributed by atoms with Crippen molar-refractivity contribution in [3.8, 4) is 0 Å².